The molecule has 96 valence electrons. The molecule has 1 aliphatic heterocycles. The minimum atomic E-state index is -0.873. The van der Waals surface area contributed by atoms with Gasteiger partial charge in [-0.2, -0.15) is 0 Å². The number of hydrogen-bond donors (Lipinski definition) is 2. The van der Waals surface area contributed by atoms with Gasteiger partial charge in [-0.05, 0) is 24.3 Å². The number of carboxylic acids is 1. The van der Waals surface area contributed by atoms with Crippen LogP contribution in [0.4, 0.5) is 5.69 Å². The fourth-order valence-electron chi connectivity index (χ4n) is 1.74. The van der Waals surface area contributed by atoms with Gasteiger partial charge in [-0.1, -0.05) is 0 Å². The first-order chi connectivity index (χ1) is 7.27. The van der Waals surface area contributed by atoms with E-state index in [1.54, 1.807) is 12.1 Å². The van der Waals surface area contributed by atoms with Gasteiger partial charge in [-0.15, -0.1) is 34.0 Å². The van der Waals surface area contributed by atoms with Crippen molar-refractivity contribution in [3.63, 3.8) is 0 Å². The maximum Gasteiger partial charge on any atom is 0.335 e. The second kappa shape index (κ2) is 7.68. The third-order valence-corrected chi connectivity index (χ3v) is 2.60. The van der Waals surface area contributed by atoms with Gasteiger partial charge in [0.05, 0.1) is 5.56 Å². The number of carboxylic acid groups (broad SMARTS) is 1. The molecule has 0 aliphatic carbocycles. The van der Waals surface area contributed by atoms with Crippen molar-refractivity contribution < 1.29 is 9.90 Å². The zero-order chi connectivity index (χ0) is 10.7. The predicted octanol–water partition coefficient (Wildman–Crippen LogP) is 1.95. The molecule has 1 aromatic rings. The zero-order valence-corrected chi connectivity index (χ0v) is 12.7. The van der Waals surface area contributed by atoms with Crippen LogP contribution in [0.5, 0.6) is 0 Å². The van der Waals surface area contributed by atoms with Crippen LogP contribution in [0.1, 0.15) is 10.4 Å². The van der Waals surface area contributed by atoms with Crippen LogP contribution in [0.25, 0.3) is 0 Å². The summed E-state index contributed by atoms with van der Waals surface area (Å²) in [5.74, 6) is -0.873. The zero-order valence-electron chi connectivity index (χ0n) is 9.26. The van der Waals surface area contributed by atoms with Crippen molar-refractivity contribution >= 4 is 45.6 Å². The lowest BCUT2D eigenvalue weighted by Gasteiger charge is -2.29. The van der Waals surface area contributed by atoms with Gasteiger partial charge < -0.3 is 15.3 Å². The fraction of sp³-hybridized carbons (Fsp3) is 0.364. The largest absolute Gasteiger partial charge is 0.478 e. The minimum absolute atomic E-state index is 0. The summed E-state index contributed by atoms with van der Waals surface area (Å²) in [4.78, 5) is 12.9. The highest BCUT2D eigenvalue weighted by atomic mass is 79.9. The first-order valence-electron chi connectivity index (χ1n) is 5.06. The summed E-state index contributed by atoms with van der Waals surface area (Å²) in [7, 11) is 0. The quantitative estimate of drug-likeness (QED) is 0.838. The molecular weight excluding hydrogens is 352 g/mol. The van der Waals surface area contributed by atoms with E-state index in [0.29, 0.717) is 5.56 Å². The molecule has 0 spiro atoms. The van der Waals surface area contributed by atoms with Crippen molar-refractivity contribution in [2.75, 3.05) is 31.1 Å². The Hall–Kier alpha value is -0.590. The lowest BCUT2D eigenvalue weighted by Crippen LogP contribution is -2.43. The molecule has 1 saturated heterocycles. The van der Waals surface area contributed by atoms with Crippen LogP contribution in [0.3, 0.4) is 0 Å². The Morgan fingerprint density at radius 1 is 1.12 bits per heavy atom. The van der Waals surface area contributed by atoms with Gasteiger partial charge in [0.15, 0.2) is 0 Å². The van der Waals surface area contributed by atoms with Crippen LogP contribution in [0.15, 0.2) is 24.3 Å². The minimum Gasteiger partial charge on any atom is -0.478 e. The summed E-state index contributed by atoms with van der Waals surface area (Å²) in [5, 5.41) is 12.0. The summed E-state index contributed by atoms with van der Waals surface area (Å²) in [6.45, 7) is 3.93. The van der Waals surface area contributed by atoms with Crippen molar-refractivity contribution in [3.05, 3.63) is 29.8 Å². The lowest BCUT2D eigenvalue weighted by molar-refractivity contribution is 0.0697. The Morgan fingerprint density at radius 2 is 1.65 bits per heavy atom. The standard InChI is InChI=1S/C11H14N2O2.2BrH/c14-11(15)9-1-3-10(4-2-9)13-7-5-12-6-8-13;;/h1-4,12H,5-8H2,(H,14,15);2*1H. The van der Waals surface area contributed by atoms with Crippen LogP contribution >= 0.6 is 34.0 Å². The van der Waals surface area contributed by atoms with Crippen molar-refractivity contribution in [2.45, 2.75) is 0 Å². The summed E-state index contributed by atoms with van der Waals surface area (Å²) in [5.41, 5.74) is 1.44. The number of nitrogens with zero attached hydrogens (tertiary/aromatic N) is 1. The van der Waals surface area contributed by atoms with E-state index in [1.807, 2.05) is 12.1 Å². The first kappa shape index (κ1) is 16.4. The number of nitrogens with one attached hydrogen (secondary N) is 1. The van der Waals surface area contributed by atoms with E-state index in [-0.39, 0.29) is 34.0 Å². The Bertz CT molecular complexity index is 351. The van der Waals surface area contributed by atoms with Gasteiger partial charge in [0.1, 0.15) is 0 Å². The highest BCUT2D eigenvalue weighted by Gasteiger charge is 2.10. The first-order valence-corrected chi connectivity index (χ1v) is 5.06. The highest BCUT2D eigenvalue weighted by Crippen LogP contribution is 2.15. The normalized spacial score (nSPS) is 14.5. The van der Waals surface area contributed by atoms with Gasteiger partial charge in [0.2, 0.25) is 0 Å². The molecule has 2 rings (SSSR count). The number of benzene rings is 1. The number of anilines is 1. The smallest absolute Gasteiger partial charge is 0.335 e. The molecule has 1 fully saturated rings. The molecule has 0 bridgehead atoms. The topological polar surface area (TPSA) is 52.6 Å². The number of halogens is 2. The van der Waals surface area contributed by atoms with Crippen molar-refractivity contribution in [1.82, 2.24) is 5.32 Å². The molecular formula is C11H16Br2N2O2. The average molecular weight is 368 g/mol. The average Bonchev–Trinajstić information content (AvgIpc) is 2.30. The maximum absolute atomic E-state index is 10.7. The van der Waals surface area contributed by atoms with Crippen molar-refractivity contribution in [2.24, 2.45) is 0 Å². The van der Waals surface area contributed by atoms with Crippen LogP contribution in [-0.4, -0.2) is 37.3 Å². The molecule has 1 heterocycles. The highest BCUT2D eigenvalue weighted by molar-refractivity contribution is 8.93. The van der Waals surface area contributed by atoms with E-state index in [1.165, 1.54) is 0 Å². The van der Waals surface area contributed by atoms with E-state index >= 15 is 0 Å². The van der Waals surface area contributed by atoms with Crippen molar-refractivity contribution in [3.8, 4) is 0 Å². The lowest BCUT2D eigenvalue weighted by atomic mass is 10.2. The number of aromatic carboxylic acids is 1. The molecule has 0 amide bonds. The number of piperazine rings is 1. The molecule has 0 radical (unpaired) electrons. The molecule has 0 unspecified atom stereocenters. The Labute approximate surface area is 122 Å². The van der Waals surface area contributed by atoms with Crippen LogP contribution in [-0.2, 0) is 0 Å². The maximum atomic E-state index is 10.7. The van der Waals surface area contributed by atoms with Crippen molar-refractivity contribution in [1.29, 1.82) is 0 Å². The fourth-order valence-corrected chi connectivity index (χ4v) is 1.74. The van der Waals surface area contributed by atoms with Gasteiger partial charge in [0.25, 0.3) is 0 Å². The van der Waals surface area contributed by atoms with E-state index in [2.05, 4.69) is 10.2 Å². The van der Waals surface area contributed by atoms with Crippen LogP contribution in [0.2, 0.25) is 0 Å². The third-order valence-electron chi connectivity index (χ3n) is 2.60. The number of hydrogen-bond acceptors (Lipinski definition) is 3. The molecule has 0 aromatic heterocycles. The Kier molecular flexibility index (Phi) is 7.41. The Morgan fingerprint density at radius 3 is 2.12 bits per heavy atom. The molecule has 1 aliphatic rings. The molecule has 1 aromatic carbocycles. The second-order valence-electron chi connectivity index (χ2n) is 3.59. The SMILES string of the molecule is Br.Br.O=C(O)c1ccc(N2CCNCC2)cc1. The van der Waals surface area contributed by atoms with Gasteiger partial charge in [0, 0.05) is 31.9 Å². The molecule has 6 heteroatoms. The van der Waals surface area contributed by atoms with Gasteiger partial charge in [-0.25, -0.2) is 4.79 Å². The van der Waals surface area contributed by atoms with E-state index in [0.717, 1.165) is 31.9 Å². The molecule has 2 N–H and O–H groups in total. The summed E-state index contributed by atoms with van der Waals surface area (Å²) < 4.78 is 0. The van der Waals surface area contributed by atoms with E-state index in [9.17, 15) is 4.79 Å². The number of rotatable bonds is 2. The summed E-state index contributed by atoms with van der Waals surface area (Å²) >= 11 is 0. The van der Waals surface area contributed by atoms with Crippen LogP contribution in [0, 0.1) is 0 Å². The number of carbonyl (C=O) groups is 1. The molecule has 0 atom stereocenters. The monoisotopic (exact) mass is 366 g/mol. The van der Waals surface area contributed by atoms with Gasteiger partial charge >= 0.3 is 5.97 Å². The van der Waals surface area contributed by atoms with Gasteiger partial charge in [-0.3, -0.25) is 0 Å². The summed E-state index contributed by atoms with van der Waals surface area (Å²) in [6, 6.07) is 7.04. The van der Waals surface area contributed by atoms with Crippen LogP contribution < -0.4 is 10.2 Å². The molecule has 0 saturated carbocycles. The van der Waals surface area contributed by atoms with E-state index < -0.39 is 5.97 Å². The summed E-state index contributed by atoms with van der Waals surface area (Å²) in [6.07, 6.45) is 0. The molecule has 17 heavy (non-hydrogen) atoms. The third kappa shape index (κ3) is 4.29. The van der Waals surface area contributed by atoms with E-state index in [4.69, 9.17) is 5.11 Å². The second-order valence-corrected chi connectivity index (χ2v) is 3.59. The molecule has 4 nitrogen and oxygen atoms in total. The predicted molar refractivity (Wildman–Crippen MR) is 79.1 cm³/mol. The Balaban J connectivity index is 0.00000128.